The minimum Gasteiger partial charge on any atom is -0.411 e. The molecule has 1 aliphatic rings. The van der Waals surface area contributed by atoms with Gasteiger partial charge in [0, 0.05) is 0 Å². The summed E-state index contributed by atoms with van der Waals surface area (Å²) in [4.78, 5) is 0. The Bertz CT molecular complexity index is 151. The van der Waals surface area contributed by atoms with Crippen molar-refractivity contribution in [1.82, 2.24) is 0 Å². The van der Waals surface area contributed by atoms with Crippen LogP contribution < -0.4 is 0 Å². The minimum atomic E-state index is -0.419. The van der Waals surface area contributed by atoms with Crippen LogP contribution in [-0.2, 0) is 4.74 Å². The van der Waals surface area contributed by atoms with Crippen molar-refractivity contribution in [1.29, 1.82) is 0 Å². The normalized spacial score (nSPS) is 24.1. The van der Waals surface area contributed by atoms with E-state index in [1.54, 1.807) is 0 Å². The van der Waals surface area contributed by atoms with Crippen LogP contribution in [0.25, 0.3) is 0 Å². The fourth-order valence-electron chi connectivity index (χ4n) is 1.40. The van der Waals surface area contributed by atoms with Gasteiger partial charge in [-0.2, -0.15) is 0 Å². The highest BCUT2D eigenvalue weighted by atomic mass is 19.1. The summed E-state index contributed by atoms with van der Waals surface area (Å²) in [6.45, 7) is -0.228. The summed E-state index contributed by atoms with van der Waals surface area (Å²) < 4.78 is 16.9. The van der Waals surface area contributed by atoms with Crippen LogP contribution in [0.3, 0.4) is 0 Å². The Morgan fingerprint density at radius 2 is 2.17 bits per heavy atom. The first-order valence-corrected chi connectivity index (χ1v) is 4.24. The number of oxime groups is 1. The minimum absolute atomic E-state index is 0.159. The first kappa shape index (κ1) is 9.45. The Labute approximate surface area is 71.2 Å². The van der Waals surface area contributed by atoms with Crippen LogP contribution in [0.15, 0.2) is 5.16 Å². The average molecular weight is 175 g/mol. The van der Waals surface area contributed by atoms with E-state index in [9.17, 15) is 4.39 Å². The fraction of sp³-hybridized carbons (Fsp3) is 0.875. The monoisotopic (exact) mass is 175 g/mol. The predicted molar refractivity (Wildman–Crippen MR) is 43.4 cm³/mol. The molecule has 4 heteroatoms. The van der Waals surface area contributed by atoms with E-state index in [0.29, 0.717) is 0 Å². The van der Waals surface area contributed by atoms with Crippen LogP contribution in [0.2, 0.25) is 0 Å². The van der Waals surface area contributed by atoms with Gasteiger partial charge < -0.3 is 9.94 Å². The van der Waals surface area contributed by atoms with E-state index in [-0.39, 0.29) is 12.7 Å². The maximum atomic E-state index is 11.7. The van der Waals surface area contributed by atoms with Crippen molar-refractivity contribution < 1.29 is 14.3 Å². The van der Waals surface area contributed by atoms with Gasteiger partial charge >= 0.3 is 0 Å². The molecule has 3 nitrogen and oxygen atoms in total. The number of rotatable bonds is 3. The second kappa shape index (κ2) is 5.09. The summed E-state index contributed by atoms with van der Waals surface area (Å²) in [5.41, 5.74) is 0.829. The van der Waals surface area contributed by atoms with Gasteiger partial charge in [0.25, 0.3) is 0 Å². The molecular weight excluding hydrogens is 161 g/mol. The van der Waals surface area contributed by atoms with Gasteiger partial charge in [-0.3, -0.25) is 0 Å². The van der Waals surface area contributed by atoms with Gasteiger partial charge in [-0.05, 0) is 25.7 Å². The molecule has 0 atom stereocenters. The largest absolute Gasteiger partial charge is 0.411 e. The molecule has 0 unspecified atom stereocenters. The molecule has 0 spiro atoms. The Morgan fingerprint density at radius 3 is 2.67 bits per heavy atom. The van der Waals surface area contributed by atoms with Crippen molar-refractivity contribution in [3.63, 3.8) is 0 Å². The SMILES string of the molecule is ON=C1CCC(OCCF)CC1. The van der Waals surface area contributed by atoms with Gasteiger partial charge in [0.2, 0.25) is 0 Å². The van der Waals surface area contributed by atoms with Crippen molar-refractivity contribution in [2.45, 2.75) is 31.8 Å². The number of nitrogens with zero attached hydrogens (tertiary/aromatic N) is 1. The molecule has 0 aromatic heterocycles. The van der Waals surface area contributed by atoms with Gasteiger partial charge in [-0.15, -0.1) is 0 Å². The summed E-state index contributed by atoms with van der Waals surface area (Å²) >= 11 is 0. The van der Waals surface area contributed by atoms with Gasteiger partial charge in [0.1, 0.15) is 6.67 Å². The fourth-order valence-corrected chi connectivity index (χ4v) is 1.40. The maximum absolute atomic E-state index is 11.7. The molecule has 0 aliphatic heterocycles. The van der Waals surface area contributed by atoms with Gasteiger partial charge in [0.15, 0.2) is 0 Å². The number of alkyl halides is 1. The highest BCUT2D eigenvalue weighted by molar-refractivity contribution is 5.84. The topological polar surface area (TPSA) is 41.8 Å². The number of hydrogen-bond donors (Lipinski definition) is 1. The Kier molecular flexibility index (Phi) is 4.00. The highest BCUT2D eigenvalue weighted by Gasteiger charge is 2.17. The van der Waals surface area contributed by atoms with Gasteiger partial charge in [0.05, 0.1) is 18.4 Å². The number of hydrogen-bond acceptors (Lipinski definition) is 3. The third kappa shape index (κ3) is 2.77. The Balaban J connectivity index is 2.17. The molecule has 0 amide bonds. The van der Waals surface area contributed by atoms with Gasteiger partial charge in [-0.25, -0.2) is 4.39 Å². The molecule has 1 rings (SSSR count). The average Bonchev–Trinajstić information content (AvgIpc) is 2.15. The lowest BCUT2D eigenvalue weighted by Gasteiger charge is -2.21. The quantitative estimate of drug-likeness (QED) is 0.524. The van der Waals surface area contributed by atoms with E-state index in [4.69, 9.17) is 9.94 Å². The predicted octanol–water partition coefficient (Wildman–Crippen LogP) is 1.75. The van der Waals surface area contributed by atoms with E-state index in [2.05, 4.69) is 5.16 Å². The van der Waals surface area contributed by atoms with E-state index in [1.165, 1.54) is 0 Å². The van der Waals surface area contributed by atoms with Crippen LogP contribution in [0, 0.1) is 0 Å². The lowest BCUT2D eigenvalue weighted by Crippen LogP contribution is -2.22. The molecule has 12 heavy (non-hydrogen) atoms. The van der Waals surface area contributed by atoms with Crippen LogP contribution in [-0.4, -0.2) is 30.3 Å². The zero-order valence-corrected chi connectivity index (χ0v) is 7.00. The molecular formula is C8H14FNO2. The maximum Gasteiger partial charge on any atom is 0.113 e. The molecule has 1 fully saturated rings. The Morgan fingerprint density at radius 1 is 1.50 bits per heavy atom. The molecule has 1 aliphatic carbocycles. The Hall–Kier alpha value is -0.640. The number of ether oxygens (including phenoxy) is 1. The van der Waals surface area contributed by atoms with Crippen molar-refractivity contribution in [2.24, 2.45) is 5.16 Å². The summed E-state index contributed by atoms with van der Waals surface area (Å²) in [5.74, 6) is 0. The lowest BCUT2D eigenvalue weighted by molar-refractivity contribution is 0.0319. The summed E-state index contributed by atoms with van der Waals surface area (Å²) in [6, 6.07) is 0. The van der Waals surface area contributed by atoms with Crippen molar-refractivity contribution >= 4 is 5.71 Å². The molecule has 70 valence electrons. The number of halogens is 1. The molecule has 0 radical (unpaired) electrons. The summed E-state index contributed by atoms with van der Waals surface area (Å²) in [7, 11) is 0. The molecule has 0 heterocycles. The zero-order valence-electron chi connectivity index (χ0n) is 7.00. The highest BCUT2D eigenvalue weighted by Crippen LogP contribution is 2.18. The zero-order chi connectivity index (χ0) is 8.81. The standard InChI is InChI=1S/C8H14FNO2/c9-5-6-12-8-3-1-7(10-11)2-4-8/h8,11H,1-6H2. The lowest BCUT2D eigenvalue weighted by atomic mass is 9.96. The van der Waals surface area contributed by atoms with Gasteiger partial charge in [-0.1, -0.05) is 5.16 Å². The van der Waals surface area contributed by atoms with Crippen molar-refractivity contribution in [3.05, 3.63) is 0 Å². The molecule has 0 aromatic carbocycles. The molecule has 1 N–H and O–H groups in total. The second-order valence-electron chi connectivity index (χ2n) is 2.93. The van der Waals surface area contributed by atoms with Crippen LogP contribution >= 0.6 is 0 Å². The summed E-state index contributed by atoms with van der Waals surface area (Å²) in [5, 5.41) is 11.6. The van der Waals surface area contributed by atoms with E-state index < -0.39 is 6.67 Å². The first-order chi connectivity index (χ1) is 5.86. The van der Waals surface area contributed by atoms with Crippen molar-refractivity contribution in [3.8, 4) is 0 Å². The van der Waals surface area contributed by atoms with Crippen LogP contribution in [0.4, 0.5) is 4.39 Å². The smallest absolute Gasteiger partial charge is 0.113 e. The van der Waals surface area contributed by atoms with Crippen molar-refractivity contribution in [2.75, 3.05) is 13.3 Å². The third-order valence-electron chi connectivity index (χ3n) is 2.08. The van der Waals surface area contributed by atoms with E-state index in [1.807, 2.05) is 0 Å². The molecule has 1 saturated carbocycles. The second-order valence-corrected chi connectivity index (χ2v) is 2.93. The third-order valence-corrected chi connectivity index (χ3v) is 2.08. The molecule has 0 aromatic rings. The van der Waals surface area contributed by atoms with E-state index >= 15 is 0 Å². The van der Waals surface area contributed by atoms with Crippen LogP contribution in [0.1, 0.15) is 25.7 Å². The molecule has 0 saturated heterocycles. The first-order valence-electron chi connectivity index (χ1n) is 4.24. The summed E-state index contributed by atoms with van der Waals surface area (Å²) in [6.07, 6.45) is 3.39. The molecule has 0 bridgehead atoms. The van der Waals surface area contributed by atoms with Crippen LogP contribution in [0.5, 0.6) is 0 Å². The van der Waals surface area contributed by atoms with E-state index in [0.717, 1.165) is 31.4 Å².